The zero-order chi connectivity index (χ0) is 16.2. The van der Waals surface area contributed by atoms with E-state index in [9.17, 15) is 9.59 Å². The number of hydrogen-bond donors (Lipinski definition) is 0. The van der Waals surface area contributed by atoms with Crippen LogP contribution in [0.5, 0.6) is 0 Å². The number of benzene rings is 1. The van der Waals surface area contributed by atoms with Gasteiger partial charge in [0.25, 0.3) is 0 Å². The van der Waals surface area contributed by atoms with Crippen molar-refractivity contribution in [3.05, 3.63) is 42.0 Å². The van der Waals surface area contributed by atoms with E-state index in [4.69, 9.17) is 9.47 Å². The number of carbonyl (C=O) groups is 2. The molecule has 5 nitrogen and oxygen atoms in total. The number of rotatable bonds is 3. The molecule has 0 unspecified atom stereocenters. The minimum absolute atomic E-state index is 0.0480. The van der Waals surface area contributed by atoms with Crippen LogP contribution in [0.25, 0.3) is 0 Å². The Labute approximate surface area is 134 Å². The summed E-state index contributed by atoms with van der Waals surface area (Å²) in [5.41, 5.74) is 1.33. The molecule has 1 aromatic rings. The molecule has 0 aliphatic carbocycles. The first kappa shape index (κ1) is 14.5. The standard InChI is InChI=1S/C18H19NO4/c1-3-11-6-4-5-7-12(11)19-10-18-9-8-13(23-18)14(17(21)22-2)15(18)16(19)20/h4-9,13-15H,3,10H2,1-2H3/t13-,14+,15-,18-/m1/s1. The van der Waals surface area contributed by atoms with E-state index in [0.29, 0.717) is 6.54 Å². The second-order valence-electron chi connectivity index (χ2n) is 6.33. The third kappa shape index (κ3) is 1.83. The quantitative estimate of drug-likeness (QED) is 0.630. The van der Waals surface area contributed by atoms with Crippen LogP contribution >= 0.6 is 0 Å². The fraction of sp³-hybridized carbons (Fsp3) is 0.444. The van der Waals surface area contributed by atoms with Crippen molar-refractivity contribution in [3.8, 4) is 0 Å². The molecule has 4 rings (SSSR count). The normalized spacial score (nSPS) is 34.1. The van der Waals surface area contributed by atoms with Gasteiger partial charge in [-0.2, -0.15) is 0 Å². The number of methoxy groups -OCH3 is 1. The summed E-state index contributed by atoms with van der Waals surface area (Å²) in [4.78, 5) is 27.0. The second kappa shape index (κ2) is 4.93. The number of para-hydroxylation sites is 1. The molecule has 3 aliphatic rings. The Kier molecular flexibility index (Phi) is 3.10. The molecule has 2 fully saturated rings. The molecule has 23 heavy (non-hydrogen) atoms. The van der Waals surface area contributed by atoms with Crippen molar-refractivity contribution in [2.24, 2.45) is 11.8 Å². The SMILES string of the molecule is CCc1ccccc1N1C[C@@]23C=C[C@@H](O2)[C@H](C(=O)OC)[C@@H]3C1=O. The highest BCUT2D eigenvalue weighted by atomic mass is 16.5. The van der Waals surface area contributed by atoms with Gasteiger partial charge in [0.1, 0.15) is 11.5 Å². The van der Waals surface area contributed by atoms with Gasteiger partial charge >= 0.3 is 5.97 Å². The first-order valence-corrected chi connectivity index (χ1v) is 7.95. The molecule has 0 aromatic heterocycles. The van der Waals surface area contributed by atoms with E-state index >= 15 is 0 Å². The molecule has 120 valence electrons. The number of esters is 1. The van der Waals surface area contributed by atoms with Crippen LogP contribution in [-0.2, 0) is 25.5 Å². The lowest BCUT2D eigenvalue weighted by molar-refractivity contribution is -0.149. The molecule has 0 saturated carbocycles. The van der Waals surface area contributed by atoms with E-state index in [1.165, 1.54) is 7.11 Å². The average Bonchev–Trinajstić information content (AvgIpc) is 3.22. The lowest BCUT2D eigenvalue weighted by atomic mass is 9.77. The van der Waals surface area contributed by atoms with Crippen LogP contribution in [0.2, 0.25) is 0 Å². The largest absolute Gasteiger partial charge is 0.469 e. The molecule has 2 bridgehead atoms. The summed E-state index contributed by atoms with van der Waals surface area (Å²) in [6.07, 6.45) is 4.34. The summed E-state index contributed by atoms with van der Waals surface area (Å²) in [6.45, 7) is 2.52. The number of anilines is 1. The lowest BCUT2D eigenvalue weighted by Gasteiger charge is -2.23. The fourth-order valence-electron chi connectivity index (χ4n) is 4.18. The van der Waals surface area contributed by atoms with Crippen molar-refractivity contribution in [3.63, 3.8) is 0 Å². The Morgan fingerprint density at radius 1 is 1.43 bits per heavy atom. The number of ether oxygens (including phenoxy) is 2. The second-order valence-corrected chi connectivity index (χ2v) is 6.33. The van der Waals surface area contributed by atoms with Crippen LogP contribution < -0.4 is 4.90 Å². The highest BCUT2D eigenvalue weighted by molar-refractivity contribution is 6.03. The molecule has 1 spiro atoms. The van der Waals surface area contributed by atoms with Crippen molar-refractivity contribution in [2.45, 2.75) is 25.0 Å². The van der Waals surface area contributed by atoms with Gasteiger partial charge in [-0.15, -0.1) is 0 Å². The first-order chi connectivity index (χ1) is 11.1. The van der Waals surface area contributed by atoms with Crippen LogP contribution in [0.15, 0.2) is 36.4 Å². The van der Waals surface area contributed by atoms with Gasteiger partial charge in [0.15, 0.2) is 0 Å². The van der Waals surface area contributed by atoms with Crippen LogP contribution in [-0.4, -0.2) is 37.2 Å². The lowest BCUT2D eigenvalue weighted by Crippen LogP contribution is -2.39. The van der Waals surface area contributed by atoms with E-state index in [1.54, 1.807) is 4.90 Å². The molecule has 3 heterocycles. The first-order valence-electron chi connectivity index (χ1n) is 7.95. The zero-order valence-electron chi connectivity index (χ0n) is 13.2. The maximum Gasteiger partial charge on any atom is 0.312 e. The van der Waals surface area contributed by atoms with Crippen molar-refractivity contribution < 1.29 is 19.1 Å². The number of hydrogen-bond acceptors (Lipinski definition) is 4. The van der Waals surface area contributed by atoms with Gasteiger partial charge in [-0.05, 0) is 18.1 Å². The Balaban J connectivity index is 1.75. The third-order valence-electron chi connectivity index (χ3n) is 5.24. The van der Waals surface area contributed by atoms with Gasteiger partial charge in [-0.3, -0.25) is 9.59 Å². The minimum Gasteiger partial charge on any atom is -0.469 e. The fourth-order valence-corrected chi connectivity index (χ4v) is 4.18. The highest BCUT2D eigenvalue weighted by Gasteiger charge is 2.67. The molecule has 1 aromatic carbocycles. The predicted molar refractivity (Wildman–Crippen MR) is 83.9 cm³/mol. The van der Waals surface area contributed by atoms with E-state index in [1.807, 2.05) is 36.4 Å². The Morgan fingerprint density at radius 3 is 2.96 bits per heavy atom. The van der Waals surface area contributed by atoms with Gasteiger partial charge in [0.05, 0.1) is 25.7 Å². The van der Waals surface area contributed by atoms with Crippen LogP contribution in [0.1, 0.15) is 12.5 Å². The van der Waals surface area contributed by atoms with Crippen LogP contribution in [0.4, 0.5) is 5.69 Å². The van der Waals surface area contributed by atoms with Crippen molar-refractivity contribution >= 4 is 17.6 Å². The number of aryl methyl sites for hydroxylation is 1. The molecular formula is C18H19NO4. The molecule has 5 heteroatoms. The van der Waals surface area contributed by atoms with Crippen LogP contribution in [0, 0.1) is 11.8 Å². The number of amides is 1. The maximum absolute atomic E-state index is 13.1. The molecule has 4 atom stereocenters. The van der Waals surface area contributed by atoms with E-state index < -0.39 is 17.4 Å². The van der Waals surface area contributed by atoms with Gasteiger partial charge in [-0.1, -0.05) is 37.3 Å². The summed E-state index contributed by atoms with van der Waals surface area (Å²) in [5, 5.41) is 0. The van der Waals surface area contributed by atoms with Crippen LogP contribution in [0.3, 0.4) is 0 Å². The summed E-state index contributed by atoms with van der Waals surface area (Å²) in [6, 6.07) is 7.89. The third-order valence-corrected chi connectivity index (χ3v) is 5.24. The summed E-state index contributed by atoms with van der Waals surface area (Å²) in [5.74, 6) is -1.45. The van der Waals surface area contributed by atoms with Gasteiger partial charge in [0.2, 0.25) is 5.91 Å². The molecule has 1 amide bonds. The Hall–Kier alpha value is -2.14. The van der Waals surface area contributed by atoms with E-state index in [0.717, 1.165) is 17.7 Å². The van der Waals surface area contributed by atoms with E-state index in [2.05, 4.69) is 6.92 Å². The van der Waals surface area contributed by atoms with Gasteiger partial charge in [-0.25, -0.2) is 0 Å². The number of carbonyl (C=O) groups excluding carboxylic acids is 2. The van der Waals surface area contributed by atoms with E-state index in [-0.39, 0.29) is 18.0 Å². The molecule has 0 radical (unpaired) electrons. The topological polar surface area (TPSA) is 55.8 Å². The Morgan fingerprint density at radius 2 is 2.22 bits per heavy atom. The molecule has 3 aliphatic heterocycles. The smallest absolute Gasteiger partial charge is 0.312 e. The van der Waals surface area contributed by atoms with Gasteiger partial charge < -0.3 is 14.4 Å². The van der Waals surface area contributed by atoms with Gasteiger partial charge in [0, 0.05) is 5.69 Å². The highest BCUT2D eigenvalue weighted by Crippen LogP contribution is 2.53. The van der Waals surface area contributed by atoms with Crippen molar-refractivity contribution in [1.29, 1.82) is 0 Å². The molecule has 0 N–H and O–H groups in total. The minimum atomic E-state index is -0.693. The van der Waals surface area contributed by atoms with Crippen molar-refractivity contribution in [2.75, 3.05) is 18.6 Å². The zero-order valence-corrected chi connectivity index (χ0v) is 13.2. The Bertz CT molecular complexity index is 713. The maximum atomic E-state index is 13.1. The average molecular weight is 313 g/mol. The number of nitrogens with zero attached hydrogens (tertiary/aromatic N) is 1. The summed E-state index contributed by atoms with van der Waals surface area (Å²) >= 11 is 0. The summed E-state index contributed by atoms with van der Waals surface area (Å²) < 4.78 is 10.9. The van der Waals surface area contributed by atoms with Crippen molar-refractivity contribution in [1.82, 2.24) is 0 Å². The summed E-state index contributed by atoms with van der Waals surface area (Å²) in [7, 11) is 1.36. The predicted octanol–water partition coefficient (Wildman–Crippen LogP) is 1.71. The molecular weight excluding hydrogens is 294 g/mol. The monoisotopic (exact) mass is 313 g/mol. The molecule has 2 saturated heterocycles. The number of fused-ring (bicyclic) bond motifs is 1.